The van der Waals surface area contributed by atoms with Crippen LogP contribution in [0.25, 0.3) is 0 Å². The fourth-order valence-corrected chi connectivity index (χ4v) is 2.00. The van der Waals surface area contributed by atoms with Gasteiger partial charge >= 0.3 is 0 Å². The molecule has 0 spiro atoms. The Labute approximate surface area is 127 Å². The van der Waals surface area contributed by atoms with Crippen molar-refractivity contribution in [3.05, 3.63) is 58.6 Å². The van der Waals surface area contributed by atoms with Crippen LogP contribution in [0.15, 0.2) is 47.6 Å². The Balaban J connectivity index is 2.34. The predicted molar refractivity (Wildman–Crippen MR) is 81.2 cm³/mol. The van der Waals surface area contributed by atoms with Gasteiger partial charge in [0.05, 0.1) is 12.2 Å². The Bertz CT molecular complexity index is 659. The van der Waals surface area contributed by atoms with Gasteiger partial charge in [0.15, 0.2) is 5.84 Å². The maximum Gasteiger partial charge on any atom is 0.173 e. The molecule has 0 bridgehead atoms. The van der Waals surface area contributed by atoms with Crippen LogP contribution >= 0.6 is 11.6 Å². The van der Waals surface area contributed by atoms with Crippen molar-refractivity contribution in [2.45, 2.75) is 6.61 Å². The van der Waals surface area contributed by atoms with Gasteiger partial charge in [-0.25, -0.2) is 0 Å². The molecule has 0 saturated carbocycles. The molecule has 0 amide bonds. The molecule has 0 radical (unpaired) electrons. The van der Waals surface area contributed by atoms with Crippen LogP contribution in [0.5, 0.6) is 11.5 Å². The lowest BCUT2D eigenvalue weighted by Crippen LogP contribution is -2.14. The van der Waals surface area contributed by atoms with Crippen molar-refractivity contribution < 1.29 is 14.7 Å². The second-order valence-electron chi connectivity index (χ2n) is 4.31. The maximum atomic E-state index is 8.82. The third-order valence-electron chi connectivity index (χ3n) is 2.76. The highest BCUT2D eigenvalue weighted by Gasteiger charge is 2.10. The SMILES string of the molecule is COCc1cccc(Oc2cc(Cl)ccc2C(N)=NO)c1. The van der Waals surface area contributed by atoms with E-state index in [0.29, 0.717) is 28.7 Å². The Morgan fingerprint density at radius 3 is 2.81 bits per heavy atom. The molecule has 0 atom stereocenters. The molecule has 0 aromatic heterocycles. The first-order valence-corrected chi connectivity index (χ1v) is 6.55. The Hall–Kier alpha value is -2.24. The van der Waals surface area contributed by atoms with Gasteiger partial charge in [-0.1, -0.05) is 28.9 Å². The number of amidine groups is 1. The number of methoxy groups -OCH3 is 1. The van der Waals surface area contributed by atoms with E-state index < -0.39 is 0 Å². The minimum Gasteiger partial charge on any atom is -0.457 e. The molecule has 0 unspecified atom stereocenters. The first kappa shape index (κ1) is 15.2. The molecule has 2 rings (SSSR count). The van der Waals surface area contributed by atoms with Crippen molar-refractivity contribution in [2.24, 2.45) is 10.9 Å². The standard InChI is InChI=1S/C15H15ClN2O3/c1-20-9-10-3-2-4-12(7-10)21-14-8-11(16)5-6-13(14)15(17)18-19/h2-8,19H,9H2,1H3,(H2,17,18). The molecule has 0 aliphatic rings. The fourth-order valence-electron chi connectivity index (χ4n) is 1.84. The first-order chi connectivity index (χ1) is 10.1. The smallest absolute Gasteiger partial charge is 0.173 e. The van der Waals surface area contributed by atoms with Gasteiger partial charge in [0.2, 0.25) is 0 Å². The van der Waals surface area contributed by atoms with E-state index in [-0.39, 0.29) is 5.84 Å². The Kier molecular flexibility index (Phi) is 5.03. The third-order valence-corrected chi connectivity index (χ3v) is 3.00. The van der Waals surface area contributed by atoms with Crippen LogP contribution in [-0.4, -0.2) is 18.2 Å². The molecule has 0 fully saturated rings. The highest BCUT2D eigenvalue weighted by molar-refractivity contribution is 6.30. The largest absolute Gasteiger partial charge is 0.457 e. The van der Waals surface area contributed by atoms with Crippen molar-refractivity contribution in [3.8, 4) is 11.5 Å². The summed E-state index contributed by atoms with van der Waals surface area (Å²) in [5.41, 5.74) is 7.07. The molecular weight excluding hydrogens is 292 g/mol. The van der Waals surface area contributed by atoms with Crippen LogP contribution in [-0.2, 0) is 11.3 Å². The molecule has 6 heteroatoms. The van der Waals surface area contributed by atoms with Crippen molar-refractivity contribution in [1.82, 2.24) is 0 Å². The number of nitrogens with two attached hydrogens (primary N) is 1. The highest BCUT2D eigenvalue weighted by atomic mass is 35.5. The van der Waals surface area contributed by atoms with E-state index in [9.17, 15) is 0 Å². The number of benzene rings is 2. The number of hydrogen-bond acceptors (Lipinski definition) is 4. The van der Waals surface area contributed by atoms with E-state index in [1.165, 1.54) is 0 Å². The molecule has 2 aromatic carbocycles. The van der Waals surface area contributed by atoms with Crippen molar-refractivity contribution in [2.75, 3.05) is 7.11 Å². The van der Waals surface area contributed by atoms with E-state index in [4.69, 9.17) is 32.0 Å². The third kappa shape index (κ3) is 3.87. The van der Waals surface area contributed by atoms with Gasteiger partial charge in [0.1, 0.15) is 11.5 Å². The van der Waals surface area contributed by atoms with Gasteiger partial charge in [-0.05, 0) is 29.8 Å². The van der Waals surface area contributed by atoms with E-state index >= 15 is 0 Å². The van der Waals surface area contributed by atoms with Gasteiger partial charge in [-0.2, -0.15) is 0 Å². The number of rotatable bonds is 5. The van der Waals surface area contributed by atoms with Gasteiger partial charge in [0.25, 0.3) is 0 Å². The predicted octanol–water partition coefficient (Wildman–Crippen LogP) is 3.37. The number of nitrogens with zero attached hydrogens (tertiary/aromatic N) is 1. The number of hydrogen-bond donors (Lipinski definition) is 2. The van der Waals surface area contributed by atoms with Gasteiger partial charge in [0, 0.05) is 18.2 Å². The minimum absolute atomic E-state index is 0.0466. The number of oxime groups is 1. The summed E-state index contributed by atoms with van der Waals surface area (Å²) < 4.78 is 10.9. The zero-order valence-electron chi connectivity index (χ0n) is 11.4. The lowest BCUT2D eigenvalue weighted by molar-refractivity contribution is 0.184. The van der Waals surface area contributed by atoms with Crippen molar-refractivity contribution >= 4 is 17.4 Å². The monoisotopic (exact) mass is 306 g/mol. The van der Waals surface area contributed by atoms with E-state index in [0.717, 1.165) is 5.56 Å². The Morgan fingerprint density at radius 2 is 2.10 bits per heavy atom. The average Bonchev–Trinajstić information content (AvgIpc) is 2.47. The molecule has 0 aliphatic carbocycles. The summed E-state index contributed by atoms with van der Waals surface area (Å²) >= 11 is 5.97. The molecule has 0 saturated heterocycles. The van der Waals surface area contributed by atoms with Crippen LogP contribution in [0.2, 0.25) is 5.02 Å². The van der Waals surface area contributed by atoms with Crippen molar-refractivity contribution in [3.63, 3.8) is 0 Å². The average molecular weight is 307 g/mol. The molecule has 21 heavy (non-hydrogen) atoms. The summed E-state index contributed by atoms with van der Waals surface area (Å²) in [7, 11) is 1.63. The quantitative estimate of drug-likeness (QED) is 0.384. The minimum atomic E-state index is -0.0466. The van der Waals surface area contributed by atoms with Crippen molar-refractivity contribution in [1.29, 1.82) is 0 Å². The van der Waals surface area contributed by atoms with E-state index in [2.05, 4.69) is 5.16 Å². The van der Waals surface area contributed by atoms with Gasteiger partial charge < -0.3 is 20.4 Å². The molecule has 110 valence electrons. The number of halogens is 1. The summed E-state index contributed by atoms with van der Waals surface area (Å²) in [5.74, 6) is 0.973. The van der Waals surface area contributed by atoms with E-state index in [1.54, 1.807) is 31.4 Å². The fraction of sp³-hybridized carbons (Fsp3) is 0.133. The second-order valence-corrected chi connectivity index (χ2v) is 4.74. The summed E-state index contributed by atoms with van der Waals surface area (Å²) in [6.07, 6.45) is 0. The first-order valence-electron chi connectivity index (χ1n) is 6.17. The molecule has 0 aliphatic heterocycles. The normalized spacial score (nSPS) is 11.4. The lowest BCUT2D eigenvalue weighted by atomic mass is 10.2. The highest BCUT2D eigenvalue weighted by Crippen LogP contribution is 2.29. The van der Waals surface area contributed by atoms with Crippen LogP contribution in [0.1, 0.15) is 11.1 Å². The molecule has 5 nitrogen and oxygen atoms in total. The van der Waals surface area contributed by atoms with Crippen LogP contribution in [0.3, 0.4) is 0 Å². The van der Waals surface area contributed by atoms with Gasteiger partial charge in [-0.3, -0.25) is 0 Å². The van der Waals surface area contributed by atoms with Gasteiger partial charge in [-0.15, -0.1) is 0 Å². The Morgan fingerprint density at radius 1 is 1.29 bits per heavy atom. The van der Waals surface area contributed by atoms with Crippen LogP contribution in [0.4, 0.5) is 0 Å². The van der Waals surface area contributed by atoms with Crippen LogP contribution in [0, 0.1) is 0 Å². The zero-order valence-corrected chi connectivity index (χ0v) is 12.2. The molecule has 3 N–H and O–H groups in total. The summed E-state index contributed by atoms with van der Waals surface area (Å²) in [5, 5.41) is 12.3. The summed E-state index contributed by atoms with van der Waals surface area (Å²) in [4.78, 5) is 0. The molecule has 0 heterocycles. The molecule has 2 aromatic rings. The second kappa shape index (κ2) is 6.97. The molecular formula is C15H15ClN2O3. The summed E-state index contributed by atoms with van der Waals surface area (Å²) in [6.45, 7) is 0.486. The lowest BCUT2D eigenvalue weighted by Gasteiger charge is -2.11. The maximum absolute atomic E-state index is 8.82. The van der Waals surface area contributed by atoms with Crippen LogP contribution < -0.4 is 10.5 Å². The zero-order chi connectivity index (χ0) is 15.2. The number of ether oxygens (including phenoxy) is 2. The topological polar surface area (TPSA) is 77.1 Å². The summed E-state index contributed by atoms with van der Waals surface area (Å²) in [6, 6.07) is 12.3. The van der Waals surface area contributed by atoms with E-state index in [1.807, 2.05) is 18.2 Å².